The Balaban J connectivity index is 0.991. The molecule has 8 rings (SSSR count). The topological polar surface area (TPSA) is 126 Å². The van der Waals surface area contributed by atoms with Crippen LogP contribution in [0.1, 0.15) is 39.8 Å². The Labute approximate surface area is 282 Å². The minimum Gasteiger partial charge on any atom is -0.478 e. The molecule has 11 nitrogen and oxygen atoms in total. The molecule has 5 heterocycles. The highest BCUT2D eigenvalue weighted by Gasteiger charge is 2.24. The van der Waals surface area contributed by atoms with Crippen LogP contribution in [0.25, 0.3) is 33.5 Å². The van der Waals surface area contributed by atoms with Crippen LogP contribution in [-0.2, 0) is 29.0 Å². The molecule has 0 unspecified atom stereocenters. The number of hydrogen-bond donors (Lipinski definition) is 1. The minimum absolute atomic E-state index is 0.0400. The molecular weight excluding hydrogens is 653 g/mol. The lowest BCUT2D eigenvalue weighted by Gasteiger charge is -2.27. The number of aromatic nitrogens is 6. The molecule has 0 aliphatic carbocycles. The molecule has 6 aromatic rings. The summed E-state index contributed by atoms with van der Waals surface area (Å²) in [4.78, 5) is 20.6. The molecule has 0 bridgehead atoms. The van der Waals surface area contributed by atoms with E-state index in [0.29, 0.717) is 54.5 Å². The van der Waals surface area contributed by atoms with Gasteiger partial charge in [0.1, 0.15) is 41.6 Å². The Morgan fingerprint density at radius 2 is 1.78 bits per heavy atom. The van der Waals surface area contributed by atoms with Gasteiger partial charge in [-0.25, -0.2) is 32.6 Å². The minimum atomic E-state index is -1.08. The molecule has 0 saturated carbocycles. The number of benzene rings is 3. The van der Waals surface area contributed by atoms with E-state index in [1.165, 1.54) is 24.3 Å². The second-order valence-electron chi connectivity index (χ2n) is 12.3. The number of fused-ring (bicyclic) bond motifs is 1. The zero-order valence-corrected chi connectivity index (χ0v) is 26.4. The Morgan fingerprint density at radius 3 is 2.52 bits per heavy atom. The van der Waals surface area contributed by atoms with Crippen LogP contribution in [-0.4, -0.2) is 66.5 Å². The molecule has 2 aliphatic heterocycles. The van der Waals surface area contributed by atoms with Crippen LogP contribution in [0, 0.1) is 17.5 Å². The number of nitrogens with zero attached hydrogens (tertiary/aromatic N) is 6. The summed E-state index contributed by atoms with van der Waals surface area (Å²) in [6.07, 6.45) is 2.46. The summed E-state index contributed by atoms with van der Waals surface area (Å²) < 4.78 is 66.3. The Hall–Kier alpha value is -5.60. The number of rotatable bonds is 11. The number of carboxylic acids is 1. The first-order chi connectivity index (χ1) is 24.3. The maximum Gasteiger partial charge on any atom is 0.335 e. The number of pyridine rings is 1. The third kappa shape index (κ3) is 6.18. The highest BCUT2D eigenvalue weighted by Crippen LogP contribution is 2.30. The monoisotopic (exact) mass is 682 g/mol. The maximum absolute atomic E-state index is 15.6. The molecule has 2 fully saturated rings. The highest BCUT2D eigenvalue weighted by atomic mass is 19.1. The second kappa shape index (κ2) is 13.0. The van der Waals surface area contributed by atoms with Crippen LogP contribution in [0.2, 0.25) is 0 Å². The second-order valence-corrected chi connectivity index (χ2v) is 12.3. The van der Waals surface area contributed by atoms with Gasteiger partial charge >= 0.3 is 5.97 Å². The number of aromatic carboxylic acids is 1. The molecule has 0 radical (unpaired) electrons. The zero-order valence-electron chi connectivity index (χ0n) is 26.4. The van der Waals surface area contributed by atoms with Gasteiger partial charge in [-0.15, -0.1) is 5.10 Å². The molecule has 0 spiro atoms. The van der Waals surface area contributed by atoms with Gasteiger partial charge in [-0.3, -0.25) is 0 Å². The number of carbonyl (C=O) groups is 1. The molecular formula is C36H29F3N6O5. The van der Waals surface area contributed by atoms with Gasteiger partial charge in [-0.05, 0) is 54.4 Å². The summed E-state index contributed by atoms with van der Waals surface area (Å²) in [5.41, 5.74) is 2.73. The number of imidazole rings is 1. The lowest BCUT2D eigenvalue weighted by Crippen LogP contribution is -2.31. The normalized spacial score (nSPS) is 15.9. The van der Waals surface area contributed by atoms with Crippen LogP contribution in [0.3, 0.4) is 0 Å². The first-order valence-electron chi connectivity index (χ1n) is 16.0. The number of ether oxygens (including phenoxy) is 3. The van der Waals surface area contributed by atoms with E-state index >= 15 is 13.2 Å². The molecule has 1 N–H and O–H groups in total. The smallest absolute Gasteiger partial charge is 0.335 e. The van der Waals surface area contributed by atoms with Crippen molar-refractivity contribution in [2.45, 2.75) is 38.1 Å². The largest absolute Gasteiger partial charge is 0.478 e. The van der Waals surface area contributed by atoms with Gasteiger partial charge in [-0.2, -0.15) is 0 Å². The zero-order chi connectivity index (χ0) is 34.4. The summed E-state index contributed by atoms with van der Waals surface area (Å²) >= 11 is 0. The first-order valence-corrected chi connectivity index (χ1v) is 16.0. The molecule has 254 valence electrons. The van der Waals surface area contributed by atoms with Crippen molar-refractivity contribution in [2.24, 2.45) is 0 Å². The van der Waals surface area contributed by atoms with Crippen molar-refractivity contribution >= 4 is 17.0 Å². The van der Waals surface area contributed by atoms with Crippen molar-refractivity contribution in [1.82, 2.24) is 29.5 Å². The van der Waals surface area contributed by atoms with Crippen molar-refractivity contribution in [1.29, 1.82) is 0 Å². The number of hydrogen-bond acceptors (Lipinski definition) is 8. The average molecular weight is 683 g/mol. The number of halogens is 3. The van der Waals surface area contributed by atoms with Crippen molar-refractivity contribution < 1.29 is 37.3 Å². The van der Waals surface area contributed by atoms with E-state index in [2.05, 4.69) is 20.3 Å². The molecule has 0 amide bonds. The molecule has 14 heteroatoms. The van der Waals surface area contributed by atoms with Gasteiger partial charge in [0.2, 0.25) is 5.88 Å². The quantitative estimate of drug-likeness (QED) is 0.175. The van der Waals surface area contributed by atoms with Crippen molar-refractivity contribution in [3.05, 3.63) is 113 Å². The number of carboxylic acid groups (broad SMARTS) is 1. The summed E-state index contributed by atoms with van der Waals surface area (Å²) in [5, 5.41) is 17.7. The molecule has 2 aliphatic rings. The molecule has 3 aromatic carbocycles. The lowest BCUT2D eigenvalue weighted by atomic mass is 10.0. The Morgan fingerprint density at radius 1 is 0.940 bits per heavy atom. The van der Waals surface area contributed by atoms with Crippen LogP contribution in [0.5, 0.6) is 5.88 Å². The van der Waals surface area contributed by atoms with Crippen molar-refractivity contribution in [3.8, 4) is 28.4 Å². The van der Waals surface area contributed by atoms with E-state index in [0.717, 1.165) is 18.6 Å². The van der Waals surface area contributed by atoms with Gasteiger partial charge in [-0.1, -0.05) is 23.4 Å². The lowest BCUT2D eigenvalue weighted by molar-refractivity contribution is -0.0589. The third-order valence-electron chi connectivity index (χ3n) is 8.97. The Kier molecular flexibility index (Phi) is 8.25. The first kappa shape index (κ1) is 31.7. The van der Waals surface area contributed by atoms with E-state index in [1.807, 2.05) is 4.57 Å². The predicted octanol–water partition coefficient (Wildman–Crippen LogP) is 6.00. The van der Waals surface area contributed by atoms with Gasteiger partial charge in [0.05, 0.1) is 54.4 Å². The fourth-order valence-corrected chi connectivity index (χ4v) is 5.95. The fraction of sp³-hybridized carbons (Fsp3) is 0.250. The van der Waals surface area contributed by atoms with Crippen LogP contribution in [0.15, 0.2) is 72.9 Å². The van der Waals surface area contributed by atoms with E-state index in [1.54, 1.807) is 41.2 Å². The van der Waals surface area contributed by atoms with E-state index < -0.39 is 23.4 Å². The highest BCUT2D eigenvalue weighted by molar-refractivity contribution is 5.92. The van der Waals surface area contributed by atoms with E-state index in [9.17, 15) is 9.90 Å². The standard InChI is InChI=1S/C36H29F3N6O5/c37-27-10-20(32-16-45(43-42-32)24-18-48-19-24)4-5-22(27)17-50-35-3-1-2-30(41-35)26-14-28(38)23(11-29(26)39)13-34-40-31-7-6-21(36(46)47)12-33(31)44(34)15-25-8-9-49-25/h1-7,10-12,14,16,24-25H,8-9,13,15,17-19H2,(H,46,47)/t25-/m0/s1. The SMILES string of the molecule is O=C(O)c1ccc2nc(Cc3cc(F)c(-c4cccc(OCc5ccc(-c6cn(C7COC7)nn6)cc5F)n4)cc3F)n(C[C@@H]3CCO3)c2c1. The molecule has 50 heavy (non-hydrogen) atoms. The van der Waals surface area contributed by atoms with Gasteiger partial charge in [0, 0.05) is 35.8 Å². The van der Waals surface area contributed by atoms with Gasteiger partial charge in [0.25, 0.3) is 0 Å². The van der Waals surface area contributed by atoms with Crippen molar-refractivity contribution in [2.75, 3.05) is 19.8 Å². The van der Waals surface area contributed by atoms with Crippen molar-refractivity contribution in [3.63, 3.8) is 0 Å². The van der Waals surface area contributed by atoms with Gasteiger partial charge in [0.15, 0.2) is 0 Å². The predicted molar refractivity (Wildman–Crippen MR) is 173 cm³/mol. The van der Waals surface area contributed by atoms with Crippen LogP contribution in [0.4, 0.5) is 13.2 Å². The third-order valence-corrected chi connectivity index (χ3v) is 8.97. The van der Waals surface area contributed by atoms with E-state index in [-0.39, 0.29) is 59.0 Å². The summed E-state index contributed by atoms with van der Waals surface area (Å²) in [5.74, 6) is -2.39. The van der Waals surface area contributed by atoms with Crippen LogP contribution >= 0.6 is 0 Å². The van der Waals surface area contributed by atoms with Crippen LogP contribution < -0.4 is 4.74 Å². The fourth-order valence-electron chi connectivity index (χ4n) is 5.95. The maximum atomic E-state index is 15.6. The Bertz CT molecular complexity index is 2250. The van der Waals surface area contributed by atoms with Gasteiger partial charge < -0.3 is 23.9 Å². The summed E-state index contributed by atoms with van der Waals surface area (Å²) in [7, 11) is 0. The molecule has 3 aromatic heterocycles. The van der Waals surface area contributed by atoms with E-state index in [4.69, 9.17) is 14.2 Å². The average Bonchev–Trinajstić information content (AvgIpc) is 3.67. The summed E-state index contributed by atoms with van der Waals surface area (Å²) in [6.45, 7) is 2.01. The molecule has 2 saturated heterocycles. The summed E-state index contributed by atoms with van der Waals surface area (Å²) in [6, 6.07) is 16.2. The molecule has 1 atom stereocenters.